The second kappa shape index (κ2) is 8.24. The lowest BCUT2D eigenvalue weighted by Gasteiger charge is -2.35. The van der Waals surface area contributed by atoms with Crippen molar-refractivity contribution >= 4 is 21.6 Å². The second-order valence-electron chi connectivity index (χ2n) is 7.73. The van der Waals surface area contributed by atoms with Crippen molar-refractivity contribution in [2.45, 2.75) is 37.8 Å². The van der Waals surface area contributed by atoms with Crippen molar-refractivity contribution < 1.29 is 17.6 Å². The number of nitrogens with one attached hydrogen (secondary N) is 1. The zero-order valence-corrected chi connectivity index (χ0v) is 18.1. The van der Waals surface area contributed by atoms with E-state index in [1.165, 1.54) is 16.4 Å². The van der Waals surface area contributed by atoms with Crippen LogP contribution in [0.15, 0.2) is 71.6 Å². The summed E-state index contributed by atoms with van der Waals surface area (Å²) in [6.45, 7) is 3.93. The molecule has 1 aliphatic heterocycles. The van der Waals surface area contributed by atoms with Gasteiger partial charge in [0.25, 0.3) is 0 Å². The molecule has 0 saturated heterocycles. The summed E-state index contributed by atoms with van der Waals surface area (Å²) in [5.74, 6) is -0.916. The minimum absolute atomic E-state index is 0.0437. The zero-order chi connectivity index (χ0) is 22.2. The van der Waals surface area contributed by atoms with Crippen LogP contribution in [0.2, 0.25) is 0 Å². The van der Waals surface area contributed by atoms with Crippen LogP contribution in [0.3, 0.4) is 0 Å². The molecule has 0 aromatic heterocycles. The molecule has 0 radical (unpaired) electrons. The SMILES string of the molecule is Cc1cccc(NC(=O)C2Cc3ccccc3CN2S(=O)(=O)c2ccc(F)cc2)c1C. The minimum atomic E-state index is -4.02. The van der Waals surface area contributed by atoms with Crippen molar-refractivity contribution in [3.63, 3.8) is 0 Å². The average Bonchev–Trinajstić information content (AvgIpc) is 2.76. The van der Waals surface area contributed by atoms with Crippen LogP contribution in [0.1, 0.15) is 22.3 Å². The first-order valence-electron chi connectivity index (χ1n) is 9.98. The lowest BCUT2D eigenvalue weighted by atomic mass is 9.95. The maximum atomic E-state index is 13.4. The third kappa shape index (κ3) is 4.11. The predicted octanol–water partition coefficient (Wildman–Crippen LogP) is 4.20. The molecule has 160 valence electrons. The number of amides is 1. The van der Waals surface area contributed by atoms with Crippen LogP contribution in [-0.2, 0) is 27.8 Å². The molecule has 1 unspecified atom stereocenters. The van der Waals surface area contributed by atoms with Gasteiger partial charge >= 0.3 is 0 Å². The summed E-state index contributed by atoms with van der Waals surface area (Å²) in [4.78, 5) is 13.3. The van der Waals surface area contributed by atoms with E-state index in [1.807, 2.05) is 50.2 Å². The van der Waals surface area contributed by atoms with E-state index in [-0.39, 0.29) is 17.9 Å². The highest BCUT2D eigenvalue weighted by Crippen LogP contribution is 2.30. The highest BCUT2D eigenvalue weighted by atomic mass is 32.2. The van der Waals surface area contributed by atoms with Crippen molar-refractivity contribution in [1.29, 1.82) is 0 Å². The van der Waals surface area contributed by atoms with Crippen LogP contribution >= 0.6 is 0 Å². The molecule has 7 heteroatoms. The molecular formula is C24H23FN2O3S. The lowest BCUT2D eigenvalue weighted by Crippen LogP contribution is -2.50. The number of hydrogen-bond acceptors (Lipinski definition) is 3. The number of carbonyl (C=O) groups is 1. The monoisotopic (exact) mass is 438 g/mol. The normalized spacial score (nSPS) is 16.5. The van der Waals surface area contributed by atoms with Crippen molar-refractivity contribution in [3.8, 4) is 0 Å². The number of nitrogens with zero attached hydrogens (tertiary/aromatic N) is 1. The van der Waals surface area contributed by atoms with Crippen molar-refractivity contribution in [1.82, 2.24) is 4.31 Å². The van der Waals surface area contributed by atoms with Crippen LogP contribution in [0.4, 0.5) is 10.1 Å². The molecule has 3 aromatic rings. The fraction of sp³-hybridized carbons (Fsp3) is 0.208. The Kier molecular flexibility index (Phi) is 5.64. The number of rotatable bonds is 4. The van der Waals surface area contributed by atoms with Gasteiger partial charge in [0.05, 0.1) is 4.90 Å². The Morgan fingerprint density at radius 2 is 1.65 bits per heavy atom. The average molecular weight is 439 g/mol. The van der Waals surface area contributed by atoms with Crippen LogP contribution in [0.25, 0.3) is 0 Å². The Hall–Kier alpha value is -3.03. The molecule has 31 heavy (non-hydrogen) atoms. The highest BCUT2D eigenvalue weighted by Gasteiger charge is 2.39. The summed E-state index contributed by atoms with van der Waals surface area (Å²) >= 11 is 0. The van der Waals surface area contributed by atoms with E-state index in [4.69, 9.17) is 0 Å². The Balaban J connectivity index is 1.73. The van der Waals surface area contributed by atoms with Gasteiger partial charge in [0, 0.05) is 12.2 Å². The maximum Gasteiger partial charge on any atom is 0.244 e. The predicted molar refractivity (Wildman–Crippen MR) is 118 cm³/mol. The van der Waals surface area contributed by atoms with E-state index >= 15 is 0 Å². The first-order chi connectivity index (χ1) is 14.8. The number of sulfonamides is 1. The zero-order valence-electron chi connectivity index (χ0n) is 17.3. The largest absolute Gasteiger partial charge is 0.324 e. The molecule has 1 atom stereocenters. The first-order valence-corrected chi connectivity index (χ1v) is 11.4. The third-order valence-corrected chi connectivity index (χ3v) is 7.66. The summed E-state index contributed by atoms with van der Waals surface area (Å²) in [6, 6.07) is 16.8. The van der Waals surface area contributed by atoms with Gasteiger partial charge in [0.15, 0.2) is 0 Å². The number of hydrogen-bond donors (Lipinski definition) is 1. The lowest BCUT2D eigenvalue weighted by molar-refractivity contribution is -0.120. The maximum absolute atomic E-state index is 13.4. The number of halogens is 1. The molecule has 3 aromatic carbocycles. The molecule has 0 fully saturated rings. The number of anilines is 1. The molecule has 1 N–H and O–H groups in total. The van der Waals surface area contributed by atoms with Gasteiger partial charge in [-0.05, 0) is 72.9 Å². The second-order valence-corrected chi connectivity index (χ2v) is 9.62. The summed E-state index contributed by atoms with van der Waals surface area (Å²) in [6.07, 6.45) is 0.257. The molecule has 1 heterocycles. The van der Waals surface area contributed by atoms with E-state index in [9.17, 15) is 17.6 Å². The molecule has 4 rings (SSSR count). The van der Waals surface area contributed by atoms with E-state index in [1.54, 1.807) is 6.07 Å². The summed E-state index contributed by atoms with van der Waals surface area (Å²) in [7, 11) is -4.02. The Morgan fingerprint density at radius 1 is 0.968 bits per heavy atom. The van der Waals surface area contributed by atoms with Crippen molar-refractivity contribution in [2.24, 2.45) is 0 Å². The van der Waals surface area contributed by atoms with Crippen LogP contribution in [0.5, 0.6) is 0 Å². The molecule has 0 saturated carbocycles. The highest BCUT2D eigenvalue weighted by molar-refractivity contribution is 7.89. The molecule has 0 bridgehead atoms. The quantitative estimate of drug-likeness (QED) is 0.664. The summed E-state index contributed by atoms with van der Waals surface area (Å²) in [5.41, 5.74) is 4.41. The molecule has 0 spiro atoms. The first kappa shape index (κ1) is 21.2. The third-order valence-electron chi connectivity index (χ3n) is 5.79. The summed E-state index contributed by atoms with van der Waals surface area (Å²) in [5, 5.41) is 2.91. The number of aryl methyl sites for hydroxylation is 1. The summed E-state index contributed by atoms with van der Waals surface area (Å²) < 4.78 is 41.4. The van der Waals surface area contributed by atoms with Gasteiger partial charge < -0.3 is 5.32 Å². The van der Waals surface area contributed by atoms with E-state index in [0.29, 0.717) is 5.69 Å². The van der Waals surface area contributed by atoms with Crippen LogP contribution in [-0.4, -0.2) is 24.7 Å². The van der Waals surface area contributed by atoms with E-state index in [2.05, 4.69) is 5.32 Å². The van der Waals surface area contributed by atoms with E-state index < -0.39 is 27.8 Å². The molecule has 1 aliphatic rings. The van der Waals surface area contributed by atoms with Gasteiger partial charge in [-0.2, -0.15) is 4.31 Å². The van der Waals surface area contributed by atoms with Gasteiger partial charge in [-0.3, -0.25) is 4.79 Å². The molecule has 5 nitrogen and oxygen atoms in total. The Labute approximate surface area is 181 Å². The molecular weight excluding hydrogens is 415 g/mol. The van der Waals surface area contributed by atoms with Gasteiger partial charge in [0.2, 0.25) is 15.9 Å². The fourth-order valence-electron chi connectivity index (χ4n) is 3.82. The van der Waals surface area contributed by atoms with Crippen LogP contribution in [0, 0.1) is 19.7 Å². The number of benzene rings is 3. The number of carbonyl (C=O) groups excluding carboxylic acids is 1. The fourth-order valence-corrected chi connectivity index (χ4v) is 5.38. The van der Waals surface area contributed by atoms with E-state index in [0.717, 1.165) is 34.4 Å². The molecule has 0 aliphatic carbocycles. The topological polar surface area (TPSA) is 66.5 Å². The van der Waals surface area contributed by atoms with Gasteiger partial charge in [-0.25, -0.2) is 12.8 Å². The Morgan fingerprint density at radius 3 is 2.35 bits per heavy atom. The van der Waals surface area contributed by atoms with Gasteiger partial charge in [-0.15, -0.1) is 0 Å². The smallest absolute Gasteiger partial charge is 0.244 e. The standard InChI is InChI=1S/C24H23FN2O3S/c1-16-6-5-9-22(17(16)2)26-24(28)23-14-18-7-3-4-8-19(18)15-27(23)31(29,30)21-12-10-20(25)11-13-21/h3-13,23H,14-15H2,1-2H3,(H,26,28). The Bertz CT molecular complexity index is 1240. The van der Waals surface area contributed by atoms with Gasteiger partial charge in [-0.1, -0.05) is 36.4 Å². The minimum Gasteiger partial charge on any atom is -0.324 e. The van der Waals surface area contributed by atoms with Crippen molar-refractivity contribution in [2.75, 3.05) is 5.32 Å². The number of fused-ring (bicyclic) bond motifs is 1. The van der Waals surface area contributed by atoms with Gasteiger partial charge in [0.1, 0.15) is 11.9 Å². The van der Waals surface area contributed by atoms with Crippen LogP contribution < -0.4 is 5.32 Å². The van der Waals surface area contributed by atoms with Crippen molar-refractivity contribution in [3.05, 3.63) is 94.8 Å². The molecule has 1 amide bonds.